The molecule has 21 heteroatoms. The van der Waals surface area contributed by atoms with Gasteiger partial charge in [0.05, 0.1) is 43.4 Å². The Morgan fingerprint density at radius 1 is 0.716 bits per heavy atom. The minimum absolute atomic E-state index is 0.0684. The summed E-state index contributed by atoms with van der Waals surface area (Å²) in [5, 5.41) is 36.2. The number of aryl methyl sites for hydroxylation is 1. The molecule has 4 aliphatic rings. The Balaban J connectivity index is 1.01. The molecule has 0 aliphatic carbocycles. The van der Waals surface area contributed by atoms with Crippen LogP contribution in [-0.2, 0) is 43.4 Å². The summed E-state index contributed by atoms with van der Waals surface area (Å²) in [6.07, 6.45) is 9.83. The van der Waals surface area contributed by atoms with Crippen LogP contribution in [-0.4, -0.2) is 225 Å². The Morgan fingerprint density at radius 2 is 1.31 bits per heavy atom. The molecule has 20 nitrogen and oxygen atoms in total. The highest BCUT2D eigenvalue weighted by Crippen LogP contribution is 2.37. The number of fused-ring (bicyclic) bond motifs is 2. The fraction of sp³-hybridized carbons (Fsp3) is 0.633. The third-order valence-electron chi connectivity index (χ3n) is 17.3. The largest absolute Gasteiger partial charge is 0.480 e. The van der Waals surface area contributed by atoms with Gasteiger partial charge in [-0.05, 0) is 101 Å². The predicted octanol–water partition coefficient (Wildman–Crippen LogP) is 5.85. The van der Waals surface area contributed by atoms with Crippen LogP contribution < -0.4 is 15.1 Å². The van der Waals surface area contributed by atoms with E-state index < -0.39 is 17.9 Å². The summed E-state index contributed by atoms with van der Waals surface area (Å²) in [6, 6.07) is 11.3. The second-order valence-electron chi connectivity index (χ2n) is 22.4. The fourth-order valence-corrected chi connectivity index (χ4v) is 13.3. The SMILES string of the molecule is [C-]#[N+]C[C@@H]1CN(c2nc(CC[C@H]3CCCN3CCCCNC(=O)CN3C[C@@H](CC)N(CC(=O)O)C[C@@H](CC)N(CC(=O)O)C[C@@H](CC)N(CC(=O)O)C[C@H]3CC)nc3c2CCN(c2cccc4cccc(Cl)c24)C3)CCN1C(=O)C=C. The number of nitrogens with one attached hydrogen (secondary N) is 1. The van der Waals surface area contributed by atoms with Gasteiger partial charge in [0.15, 0.2) is 0 Å². The predicted molar refractivity (Wildman–Crippen MR) is 316 cm³/mol. The number of unbranched alkanes of at least 4 members (excludes halogenated alkanes) is 1. The Bertz CT molecular complexity index is 2670. The van der Waals surface area contributed by atoms with Crippen LogP contribution in [0.4, 0.5) is 11.5 Å². The number of halogens is 1. The van der Waals surface area contributed by atoms with Crippen molar-refractivity contribution in [3.05, 3.63) is 82.6 Å². The summed E-state index contributed by atoms with van der Waals surface area (Å²) in [6.45, 7) is 25.6. The van der Waals surface area contributed by atoms with Crippen molar-refractivity contribution >= 4 is 63.6 Å². The minimum atomic E-state index is -0.998. The molecule has 0 spiro atoms. The van der Waals surface area contributed by atoms with Gasteiger partial charge in [-0.15, -0.1) is 0 Å². The number of hydrogen-bond donors (Lipinski definition) is 4. The van der Waals surface area contributed by atoms with Gasteiger partial charge in [-0.25, -0.2) is 16.5 Å². The molecule has 2 aromatic carbocycles. The molecule has 0 bridgehead atoms. The van der Waals surface area contributed by atoms with Crippen LogP contribution in [0.5, 0.6) is 0 Å². The summed E-state index contributed by atoms with van der Waals surface area (Å²) in [7, 11) is 0. The highest BCUT2D eigenvalue weighted by Gasteiger charge is 2.37. The zero-order chi connectivity index (χ0) is 58.2. The number of anilines is 2. The van der Waals surface area contributed by atoms with E-state index in [4.69, 9.17) is 28.1 Å². The first kappa shape index (κ1) is 62.6. The van der Waals surface area contributed by atoms with Crippen LogP contribution in [0.25, 0.3) is 15.6 Å². The Morgan fingerprint density at radius 3 is 1.88 bits per heavy atom. The lowest BCUT2D eigenvalue weighted by Gasteiger charge is -2.45. The zero-order valence-electron chi connectivity index (χ0n) is 48.2. The van der Waals surface area contributed by atoms with E-state index in [0.717, 1.165) is 97.5 Å². The molecule has 0 unspecified atom stereocenters. The molecule has 6 atom stereocenters. The molecule has 2 amide bonds. The van der Waals surface area contributed by atoms with E-state index in [9.17, 15) is 39.3 Å². The van der Waals surface area contributed by atoms with Crippen molar-refractivity contribution in [3.8, 4) is 0 Å². The summed E-state index contributed by atoms with van der Waals surface area (Å²) in [5.41, 5.74) is 3.17. The lowest BCUT2D eigenvalue weighted by Crippen LogP contribution is -2.60. The average molecular weight is 1140 g/mol. The number of amides is 2. The zero-order valence-corrected chi connectivity index (χ0v) is 48.9. The number of carbonyl (C=O) groups is 5. The van der Waals surface area contributed by atoms with Crippen molar-refractivity contribution in [2.45, 2.75) is 141 Å². The summed E-state index contributed by atoms with van der Waals surface area (Å²) in [4.78, 5) is 95.0. The molecule has 442 valence electrons. The van der Waals surface area contributed by atoms with E-state index in [2.05, 4.69) is 60.6 Å². The highest BCUT2D eigenvalue weighted by atomic mass is 35.5. The molecule has 0 saturated carbocycles. The van der Waals surface area contributed by atoms with E-state index in [-0.39, 0.29) is 74.7 Å². The van der Waals surface area contributed by atoms with Gasteiger partial charge >= 0.3 is 17.9 Å². The van der Waals surface area contributed by atoms with Crippen LogP contribution in [0.15, 0.2) is 49.1 Å². The lowest BCUT2D eigenvalue weighted by molar-refractivity contribution is -0.143. The van der Waals surface area contributed by atoms with Gasteiger partial charge in [0.1, 0.15) is 17.7 Å². The van der Waals surface area contributed by atoms with E-state index in [1.54, 1.807) is 4.90 Å². The van der Waals surface area contributed by atoms with Crippen molar-refractivity contribution in [2.75, 3.05) is 115 Å². The number of likely N-dealkylation sites (tertiary alicyclic amines) is 1. The molecule has 0 radical (unpaired) electrons. The number of carboxylic acids is 3. The van der Waals surface area contributed by atoms with Gasteiger partial charge < -0.3 is 45.1 Å². The molecule has 81 heavy (non-hydrogen) atoms. The number of piperazine rings is 1. The fourth-order valence-electron chi connectivity index (χ4n) is 13.0. The number of benzene rings is 2. The maximum Gasteiger partial charge on any atom is 0.317 e. The van der Waals surface area contributed by atoms with Crippen LogP contribution in [0.2, 0.25) is 5.02 Å². The topological polar surface area (TPSA) is 214 Å². The molecule has 5 heterocycles. The smallest absolute Gasteiger partial charge is 0.317 e. The molecule has 1 aromatic heterocycles. The average Bonchev–Trinajstić information content (AvgIpc) is 4.06. The molecule has 7 rings (SSSR count). The quantitative estimate of drug-likeness (QED) is 0.0470. The highest BCUT2D eigenvalue weighted by molar-refractivity contribution is 6.36. The molecular weight excluding hydrogens is 1050 g/mol. The second-order valence-corrected chi connectivity index (χ2v) is 22.8. The second kappa shape index (κ2) is 30.4. The molecule has 4 aliphatic heterocycles. The van der Waals surface area contributed by atoms with Crippen LogP contribution in [0, 0.1) is 6.57 Å². The van der Waals surface area contributed by atoms with Crippen LogP contribution in [0.1, 0.15) is 103 Å². The third kappa shape index (κ3) is 16.6. The van der Waals surface area contributed by atoms with E-state index in [1.807, 2.05) is 54.5 Å². The van der Waals surface area contributed by atoms with Gasteiger partial charge in [0, 0.05) is 112 Å². The standard InChI is InChI=1S/C60H87ClN12O8/c1-7-43-33-70(39-56(76)77)45(9-3)35-72(41-58(80)81)46(10-4)34-71(40-57(78)79)44(8-2)32-69(43)38-54(74)63-25-12-13-26-66-27-16-19-47(66)22-23-53-64-51-37-67(52-21-15-18-42-17-14-20-50(61)59(42)52)28-24-49(51)60(65-53)68-29-30-73(55(75)11-5)48(36-68)31-62-6/h11,14-15,17-18,20-21,43-48H,5,7-10,12-13,16,19,22-41H2,1-4H3,(H,63,74)(H,76,77)(H,78,79)(H,80,81)/t43-,44-,45-,46-,47-,48-/m1/s1. The van der Waals surface area contributed by atoms with Gasteiger partial charge in [-0.1, -0.05) is 70.1 Å². The van der Waals surface area contributed by atoms with Gasteiger partial charge in [0.25, 0.3) is 0 Å². The molecule has 3 fully saturated rings. The third-order valence-corrected chi connectivity index (χ3v) is 17.6. The van der Waals surface area contributed by atoms with Gasteiger partial charge in [0.2, 0.25) is 18.4 Å². The van der Waals surface area contributed by atoms with Gasteiger partial charge in [-0.2, -0.15) is 0 Å². The summed E-state index contributed by atoms with van der Waals surface area (Å²) < 4.78 is 0. The molecular formula is C60H87ClN12O8. The Hall–Kier alpha value is -5.95. The maximum atomic E-state index is 14.0. The Kier molecular flexibility index (Phi) is 23.5. The lowest BCUT2D eigenvalue weighted by atomic mass is 10.0. The van der Waals surface area contributed by atoms with Crippen LogP contribution >= 0.6 is 11.6 Å². The molecule has 3 saturated heterocycles. The first-order valence-electron chi connectivity index (χ1n) is 29.5. The monoisotopic (exact) mass is 1140 g/mol. The normalized spacial score (nSPS) is 23.1. The van der Waals surface area contributed by atoms with Gasteiger partial charge in [-0.3, -0.25) is 43.6 Å². The number of hydrogen-bond acceptors (Lipinski definition) is 14. The number of aromatic nitrogens is 2. The van der Waals surface area contributed by atoms with E-state index in [0.29, 0.717) is 102 Å². The number of carbonyl (C=O) groups excluding carboxylic acids is 2. The number of aliphatic carboxylic acids is 3. The van der Waals surface area contributed by atoms with Crippen molar-refractivity contribution < 1.29 is 39.3 Å². The summed E-state index contributed by atoms with van der Waals surface area (Å²) >= 11 is 6.84. The van der Waals surface area contributed by atoms with Crippen molar-refractivity contribution in [3.63, 3.8) is 0 Å². The van der Waals surface area contributed by atoms with E-state index >= 15 is 0 Å². The first-order valence-corrected chi connectivity index (χ1v) is 29.9. The van der Waals surface area contributed by atoms with Crippen LogP contribution in [0.3, 0.4) is 0 Å². The molecule has 3 aromatic rings. The first-order chi connectivity index (χ1) is 39.1. The number of nitrogens with zero attached hydrogens (tertiary/aromatic N) is 11. The minimum Gasteiger partial charge on any atom is -0.480 e. The Labute approximate surface area is 483 Å². The maximum absolute atomic E-state index is 14.0. The van der Waals surface area contributed by atoms with Crippen molar-refractivity contribution in [1.82, 2.24) is 44.7 Å². The van der Waals surface area contributed by atoms with Crippen molar-refractivity contribution in [1.29, 1.82) is 0 Å². The summed E-state index contributed by atoms with van der Waals surface area (Å²) in [5.74, 6) is -1.58. The number of rotatable bonds is 24. The van der Waals surface area contributed by atoms with E-state index in [1.165, 1.54) is 6.08 Å². The number of carboxylic acid groups (broad SMARTS) is 3. The molecule has 4 N–H and O–H groups in total. The van der Waals surface area contributed by atoms with Crippen molar-refractivity contribution in [2.24, 2.45) is 0 Å².